The third kappa shape index (κ3) is 5.74. The average Bonchev–Trinajstić information content (AvgIpc) is 3.10. The molecule has 0 radical (unpaired) electrons. The summed E-state index contributed by atoms with van der Waals surface area (Å²) < 4.78 is 11.5. The molecule has 0 spiro atoms. The molecule has 3 rings (SSSR count). The van der Waals surface area contributed by atoms with Crippen LogP contribution in [-0.2, 0) is 9.59 Å². The fourth-order valence-electron chi connectivity index (χ4n) is 2.69. The van der Waals surface area contributed by atoms with Gasteiger partial charge in [-0.1, -0.05) is 41.6 Å². The predicted molar refractivity (Wildman–Crippen MR) is 113 cm³/mol. The molecule has 0 saturated carbocycles. The van der Waals surface area contributed by atoms with Crippen LogP contribution >= 0.6 is 11.8 Å². The van der Waals surface area contributed by atoms with E-state index in [4.69, 9.17) is 9.47 Å². The zero-order chi connectivity index (χ0) is 20.8. The van der Waals surface area contributed by atoms with Gasteiger partial charge in [0.1, 0.15) is 30.1 Å². The SMILES string of the molecule is CC(=O)NC1=NN(C(C)=O)[C@@H](c2cccc(OCCOc3ccc(C)cc3)c2)S1. The summed E-state index contributed by atoms with van der Waals surface area (Å²) in [6.07, 6.45) is 0. The van der Waals surface area contributed by atoms with E-state index in [0.29, 0.717) is 24.1 Å². The Balaban J connectivity index is 1.59. The lowest BCUT2D eigenvalue weighted by Gasteiger charge is -2.19. The topological polar surface area (TPSA) is 80.2 Å². The number of hydrogen-bond donors (Lipinski definition) is 1. The summed E-state index contributed by atoms with van der Waals surface area (Å²) in [4.78, 5) is 23.3. The minimum absolute atomic E-state index is 0.208. The highest BCUT2D eigenvalue weighted by atomic mass is 32.2. The Morgan fingerprint density at radius 3 is 2.41 bits per heavy atom. The summed E-state index contributed by atoms with van der Waals surface area (Å²) in [6.45, 7) is 5.68. The van der Waals surface area contributed by atoms with Crippen LogP contribution in [0.5, 0.6) is 11.5 Å². The second kappa shape index (κ2) is 9.47. The maximum Gasteiger partial charge on any atom is 0.241 e. The Kier molecular flexibility index (Phi) is 6.77. The van der Waals surface area contributed by atoms with E-state index in [1.54, 1.807) is 0 Å². The number of benzene rings is 2. The first-order chi connectivity index (χ1) is 13.9. The van der Waals surface area contributed by atoms with E-state index in [2.05, 4.69) is 10.4 Å². The second-order valence-corrected chi connectivity index (χ2v) is 7.57. The van der Waals surface area contributed by atoms with Gasteiger partial charge in [0.25, 0.3) is 0 Å². The van der Waals surface area contributed by atoms with Gasteiger partial charge in [-0.3, -0.25) is 9.59 Å². The molecule has 1 N–H and O–H groups in total. The van der Waals surface area contributed by atoms with Crippen LogP contribution in [0.25, 0.3) is 0 Å². The number of ether oxygens (including phenoxy) is 2. The van der Waals surface area contributed by atoms with E-state index >= 15 is 0 Å². The molecular weight excluding hydrogens is 390 g/mol. The van der Waals surface area contributed by atoms with Crippen molar-refractivity contribution in [2.45, 2.75) is 26.1 Å². The third-order valence-corrected chi connectivity index (χ3v) is 5.14. The van der Waals surface area contributed by atoms with Gasteiger partial charge in [0.05, 0.1) is 0 Å². The van der Waals surface area contributed by atoms with E-state index < -0.39 is 0 Å². The number of hydrogen-bond acceptors (Lipinski definition) is 6. The fourth-order valence-corrected chi connectivity index (χ4v) is 3.82. The number of thioether (sulfide) groups is 1. The minimum Gasteiger partial charge on any atom is -0.490 e. The van der Waals surface area contributed by atoms with Crippen LogP contribution in [0.3, 0.4) is 0 Å². The van der Waals surface area contributed by atoms with Crippen LogP contribution < -0.4 is 14.8 Å². The van der Waals surface area contributed by atoms with Crippen molar-refractivity contribution in [3.05, 3.63) is 59.7 Å². The van der Waals surface area contributed by atoms with Crippen LogP contribution in [-0.4, -0.2) is 35.2 Å². The van der Waals surface area contributed by atoms with Gasteiger partial charge in [-0.25, -0.2) is 5.01 Å². The quantitative estimate of drug-likeness (QED) is 0.734. The summed E-state index contributed by atoms with van der Waals surface area (Å²) in [6, 6.07) is 15.3. The van der Waals surface area contributed by atoms with Gasteiger partial charge in [0, 0.05) is 13.8 Å². The monoisotopic (exact) mass is 413 g/mol. The summed E-state index contributed by atoms with van der Waals surface area (Å²) in [5.41, 5.74) is 2.03. The first-order valence-corrected chi connectivity index (χ1v) is 10.1. The number of carbonyl (C=O) groups is 2. The van der Waals surface area contributed by atoms with Gasteiger partial charge in [-0.2, -0.15) is 0 Å². The summed E-state index contributed by atoms with van der Waals surface area (Å²) in [7, 11) is 0. The normalized spacial score (nSPS) is 15.6. The molecule has 2 aromatic rings. The molecule has 1 heterocycles. The first-order valence-electron chi connectivity index (χ1n) is 9.17. The number of nitrogens with zero attached hydrogens (tertiary/aromatic N) is 2. The molecule has 1 aliphatic heterocycles. The Labute approximate surface area is 174 Å². The maximum atomic E-state index is 12.0. The third-order valence-electron chi connectivity index (χ3n) is 4.03. The van der Waals surface area contributed by atoms with Crippen molar-refractivity contribution in [3.63, 3.8) is 0 Å². The molecule has 152 valence electrons. The highest BCUT2D eigenvalue weighted by molar-refractivity contribution is 8.14. The molecule has 0 bridgehead atoms. The van der Waals surface area contributed by atoms with Crippen LogP contribution in [0.2, 0.25) is 0 Å². The van der Waals surface area contributed by atoms with Gasteiger partial charge >= 0.3 is 0 Å². The van der Waals surface area contributed by atoms with Gasteiger partial charge in [0.2, 0.25) is 11.8 Å². The maximum absolute atomic E-state index is 12.0. The Bertz CT molecular complexity index is 914. The molecule has 8 heteroatoms. The van der Waals surface area contributed by atoms with Gasteiger partial charge in [0.15, 0.2) is 5.17 Å². The molecule has 1 atom stereocenters. The number of amides is 2. The van der Waals surface area contributed by atoms with Crippen molar-refractivity contribution in [2.24, 2.45) is 5.10 Å². The van der Waals surface area contributed by atoms with Crippen molar-refractivity contribution in [1.82, 2.24) is 10.3 Å². The molecule has 0 aromatic heterocycles. The zero-order valence-electron chi connectivity index (χ0n) is 16.5. The number of carbonyl (C=O) groups excluding carboxylic acids is 2. The lowest BCUT2D eigenvalue weighted by atomic mass is 10.2. The Morgan fingerprint density at radius 2 is 1.76 bits per heavy atom. The first kappa shape index (κ1) is 20.7. The van der Waals surface area contributed by atoms with Crippen LogP contribution in [0.15, 0.2) is 53.6 Å². The average molecular weight is 413 g/mol. The number of amidine groups is 1. The molecule has 0 unspecified atom stereocenters. The largest absolute Gasteiger partial charge is 0.490 e. The lowest BCUT2D eigenvalue weighted by Crippen LogP contribution is -2.25. The highest BCUT2D eigenvalue weighted by Crippen LogP contribution is 2.39. The van der Waals surface area contributed by atoms with E-state index in [-0.39, 0.29) is 17.2 Å². The fraction of sp³-hybridized carbons (Fsp3) is 0.286. The van der Waals surface area contributed by atoms with Crippen molar-refractivity contribution in [3.8, 4) is 11.5 Å². The van der Waals surface area contributed by atoms with Crippen LogP contribution in [0.1, 0.15) is 30.3 Å². The summed E-state index contributed by atoms with van der Waals surface area (Å²) >= 11 is 1.31. The predicted octanol–water partition coefficient (Wildman–Crippen LogP) is 3.45. The van der Waals surface area contributed by atoms with Crippen LogP contribution in [0, 0.1) is 6.92 Å². The van der Waals surface area contributed by atoms with E-state index in [1.807, 2.05) is 55.5 Å². The van der Waals surface area contributed by atoms with Gasteiger partial charge in [-0.05, 0) is 36.8 Å². The van der Waals surface area contributed by atoms with Crippen molar-refractivity contribution < 1.29 is 19.1 Å². The smallest absolute Gasteiger partial charge is 0.241 e. The molecule has 0 saturated heterocycles. The lowest BCUT2D eigenvalue weighted by molar-refractivity contribution is -0.129. The number of aryl methyl sites for hydroxylation is 1. The molecule has 29 heavy (non-hydrogen) atoms. The molecule has 2 aromatic carbocycles. The highest BCUT2D eigenvalue weighted by Gasteiger charge is 2.32. The van der Waals surface area contributed by atoms with Gasteiger partial charge in [-0.15, -0.1) is 5.10 Å². The second-order valence-electron chi connectivity index (χ2n) is 6.50. The van der Waals surface area contributed by atoms with E-state index in [1.165, 1.54) is 36.2 Å². The number of hydrazone groups is 1. The molecule has 0 fully saturated rings. The number of rotatable bonds is 6. The minimum atomic E-state index is -0.360. The Hall–Kier alpha value is -3.00. The molecule has 7 nitrogen and oxygen atoms in total. The Morgan fingerprint density at radius 1 is 1.07 bits per heavy atom. The van der Waals surface area contributed by atoms with Crippen molar-refractivity contribution in [2.75, 3.05) is 13.2 Å². The summed E-state index contributed by atoms with van der Waals surface area (Å²) in [5.74, 6) is 1.04. The molecule has 1 aliphatic rings. The standard InChI is InChI=1S/C21H23N3O4S/c1-14-7-9-18(10-8-14)27-11-12-28-19-6-4-5-17(13-19)20-24(16(3)26)23-21(29-20)22-15(2)25/h4-10,13,20H,11-12H2,1-3H3,(H,22,23,25)/t20-/m1/s1. The van der Waals surface area contributed by atoms with Crippen molar-refractivity contribution >= 4 is 28.7 Å². The van der Waals surface area contributed by atoms with Crippen molar-refractivity contribution in [1.29, 1.82) is 0 Å². The number of nitrogens with one attached hydrogen (secondary N) is 1. The molecular formula is C21H23N3O4S. The van der Waals surface area contributed by atoms with Crippen LogP contribution in [0.4, 0.5) is 0 Å². The molecule has 0 aliphatic carbocycles. The van der Waals surface area contributed by atoms with E-state index in [0.717, 1.165) is 11.3 Å². The van der Waals surface area contributed by atoms with Gasteiger partial charge < -0.3 is 14.8 Å². The summed E-state index contributed by atoms with van der Waals surface area (Å²) in [5, 5.41) is 8.23. The van der Waals surface area contributed by atoms with E-state index in [9.17, 15) is 9.59 Å². The molecule has 2 amide bonds. The zero-order valence-corrected chi connectivity index (χ0v) is 17.4.